The molecule has 0 aliphatic carbocycles. The topological polar surface area (TPSA) is 60.9 Å². The van der Waals surface area contributed by atoms with E-state index in [4.69, 9.17) is 11.6 Å². The number of piperidine rings is 1. The summed E-state index contributed by atoms with van der Waals surface area (Å²) in [6.07, 6.45) is 1.56. The lowest BCUT2D eigenvalue weighted by atomic mass is 9.95. The van der Waals surface area contributed by atoms with Crippen molar-refractivity contribution in [3.8, 4) is 0 Å². The molecule has 23 heavy (non-hydrogen) atoms. The van der Waals surface area contributed by atoms with Gasteiger partial charge in [0.05, 0.1) is 17.4 Å². The van der Waals surface area contributed by atoms with Gasteiger partial charge in [-0.05, 0) is 37.0 Å². The molecule has 2 heterocycles. The smallest absolute Gasteiger partial charge is 0.256 e. The molecular formula is C17H21ClN2O3. The van der Waals surface area contributed by atoms with Gasteiger partial charge in [0.2, 0.25) is 5.91 Å². The molecule has 1 aromatic carbocycles. The van der Waals surface area contributed by atoms with Gasteiger partial charge in [0.1, 0.15) is 0 Å². The molecule has 2 amide bonds. The molecule has 0 saturated carbocycles. The van der Waals surface area contributed by atoms with E-state index < -0.39 is 6.10 Å². The summed E-state index contributed by atoms with van der Waals surface area (Å²) < 4.78 is 0. The second kappa shape index (κ2) is 6.49. The number of benzene rings is 1. The molecule has 0 spiro atoms. The van der Waals surface area contributed by atoms with Crippen molar-refractivity contribution in [2.75, 3.05) is 24.5 Å². The fourth-order valence-corrected chi connectivity index (χ4v) is 3.38. The van der Waals surface area contributed by atoms with E-state index in [0.717, 1.165) is 12.8 Å². The van der Waals surface area contributed by atoms with Gasteiger partial charge in [-0.25, -0.2) is 0 Å². The molecule has 3 rings (SSSR count). The maximum atomic E-state index is 12.9. The van der Waals surface area contributed by atoms with Crippen LogP contribution < -0.4 is 4.90 Å². The number of β-amino-alcohol motifs (C(OH)–C–C–N with tert-alkyl or cyclic N) is 1. The first kappa shape index (κ1) is 16.3. The summed E-state index contributed by atoms with van der Waals surface area (Å²) in [5.74, 6) is 0.0693. The minimum absolute atomic E-state index is 0.0219. The lowest BCUT2D eigenvalue weighted by molar-refractivity contribution is -0.117. The molecule has 2 atom stereocenters. The number of carbonyl (C=O) groups is 2. The van der Waals surface area contributed by atoms with E-state index in [-0.39, 0.29) is 17.7 Å². The zero-order valence-electron chi connectivity index (χ0n) is 13.2. The van der Waals surface area contributed by atoms with Crippen molar-refractivity contribution in [2.24, 2.45) is 5.92 Å². The van der Waals surface area contributed by atoms with Crippen LogP contribution in [0.1, 0.15) is 36.5 Å². The van der Waals surface area contributed by atoms with Crippen LogP contribution >= 0.6 is 11.6 Å². The van der Waals surface area contributed by atoms with Crippen LogP contribution in [0.3, 0.4) is 0 Å². The van der Waals surface area contributed by atoms with Gasteiger partial charge >= 0.3 is 0 Å². The molecule has 1 N–H and O–H groups in total. The van der Waals surface area contributed by atoms with Crippen LogP contribution in [-0.2, 0) is 4.79 Å². The number of aliphatic hydroxyl groups is 1. The fourth-order valence-electron chi connectivity index (χ4n) is 3.22. The number of rotatable bonds is 2. The minimum Gasteiger partial charge on any atom is -0.391 e. The molecular weight excluding hydrogens is 316 g/mol. The number of hydrogen-bond donors (Lipinski definition) is 1. The maximum Gasteiger partial charge on any atom is 0.256 e. The maximum absolute atomic E-state index is 12.9. The zero-order chi connectivity index (χ0) is 16.6. The number of anilines is 1. The van der Waals surface area contributed by atoms with Gasteiger partial charge in [-0.2, -0.15) is 0 Å². The Morgan fingerprint density at radius 3 is 2.78 bits per heavy atom. The van der Waals surface area contributed by atoms with Crippen molar-refractivity contribution < 1.29 is 14.7 Å². The number of amides is 2. The van der Waals surface area contributed by atoms with E-state index in [1.165, 1.54) is 0 Å². The highest BCUT2D eigenvalue weighted by molar-refractivity contribution is 6.31. The molecule has 2 unspecified atom stereocenters. The highest BCUT2D eigenvalue weighted by Crippen LogP contribution is 2.30. The summed E-state index contributed by atoms with van der Waals surface area (Å²) in [7, 11) is 0. The van der Waals surface area contributed by atoms with Crippen molar-refractivity contribution in [3.05, 3.63) is 28.8 Å². The Labute approximate surface area is 140 Å². The average molecular weight is 337 g/mol. The summed E-state index contributed by atoms with van der Waals surface area (Å²) >= 11 is 6.07. The lowest BCUT2D eigenvalue weighted by Crippen LogP contribution is -2.46. The van der Waals surface area contributed by atoms with Crippen LogP contribution in [0.15, 0.2) is 18.2 Å². The van der Waals surface area contributed by atoms with Gasteiger partial charge in [0.25, 0.3) is 5.91 Å². The third-order valence-electron chi connectivity index (χ3n) is 4.76. The van der Waals surface area contributed by atoms with Crippen LogP contribution in [0.25, 0.3) is 0 Å². The van der Waals surface area contributed by atoms with Gasteiger partial charge in [-0.1, -0.05) is 18.5 Å². The van der Waals surface area contributed by atoms with Gasteiger partial charge in [0, 0.05) is 31.1 Å². The highest BCUT2D eigenvalue weighted by Gasteiger charge is 2.31. The minimum atomic E-state index is -0.503. The SMILES string of the molecule is CC1CCN(C(=O)c2ccc(Cl)cc2N2CCCC2=O)CC1O. The van der Waals surface area contributed by atoms with Gasteiger partial charge < -0.3 is 14.9 Å². The van der Waals surface area contributed by atoms with Crippen molar-refractivity contribution >= 4 is 29.1 Å². The Morgan fingerprint density at radius 2 is 2.13 bits per heavy atom. The molecule has 2 aliphatic rings. The monoisotopic (exact) mass is 336 g/mol. The standard InChI is InChI=1S/C17H21ClN2O3/c1-11-6-8-19(10-15(11)21)17(23)13-5-4-12(18)9-14(13)20-7-2-3-16(20)22/h4-5,9,11,15,21H,2-3,6-8,10H2,1H3. The molecule has 2 saturated heterocycles. The molecule has 1 aromatic rings. The Kier molecular flexibility index (Phi) is 4.60. The second-order valence-electron chi connectivity index (χ2n) is 6.39. The van der Waals surface area contributed by atoms with E-state index in [9.17, 15) is 14.7 Å². The van der Waals surface area contributed by atoms with Crippen molar-refractivity contribution in [3.63, 3.8) is 0 Å². The quantitative estimate of drug-likeness (QED) is 0.901. The molecule has 0 aromatic heterocycles. The van der Waals surface area contributed by atoms with Crippen molar-refractivity contribution in [1.29, 1.82) is 0 Å². The van der Waals surface area contributed by atoms with E-state index in [1.54, 1.807) is 28.0 Å². The molecule has 0 bridgehead atoms. The van der Waals surface area contributed by atoms with Gasteiger partial charge in [0.15, 0.2) is 0 Å². The molecule has 6 heteroatoms. The number of nitrogens with zero attached hydrogens (tertiary/aromatic N) is 2. The predicted octanol–water partition coefficient (Wildman–Crippen LogP) is 2.31. The highest BCUT2D eigenvalue weighted by atomic mass is 35.5. The van der Waals surface area contributed by atoms with Crippen LogP contribution in [0.4, 0.5) is 5.69 Å². The average Bonchev–Trinajstić information content (AvgIpc) is 2.95. The first-order valence-electron chi connectivity index (χ1n) is 8.04. The summed E-state index contributed by atoms with van der Waals surface area (Å²) in [6, 6.07) is 5.03. The molecule has 2 aliphatic heterocycles. The Hall–Kier alpha value is -1.59. The largest absolute Gasteiger partial charge is 0.391 e. The molecule has 2 fully saturated rings. The van der Waals surface area contributed by atoms with E-state index in [2.05, 4.69) is 0 Å². The van der Waals surface area contributed by atoms with E-state index in [1.807, 2.05) is 6.92 Å². The van der Waals surface area contributed by atoms with E-state index in [0.29, 0.717) is 42.3 Å². The Morgan fingerprint density at radius 1 is 1.35 bits per heavy atom. The third kappa shape index (κ3) is 3.21. The normalized spacial score (nSPS) is 25.1. The Bertz CT molecular complexity index is 634. The lowest BCUT2D eigenvalue weighted by Gasteiger charge is -2.35. The zero-order valence-corrected chi connectivity index (χ0v) is 13.9. The molecule has 5 nitrogen and oxygen atoms in total. The van der Waals surface area contributed by atoms with Crippen molar-refractivity contribution in [1.82, 2.24) is 4.90 Å². The fraction of sp³-hybridized carbons (Fsp3) is 0.529. The second-order valence-corrected chi connectivity index (χ2v) is 6.83. The number of aliphatic hydroxyl groups excluding tert-OH is 1. The molecule has 0 radical (unpaired) electrons. The number of halogens is 1. The van der Waals surface area contributed by atoms with Crippen LogP contribution in [0, 0.1) is 5.92 Å². The number of carbonyl (C=O) groups excluding carboxylic acids is 2. The Balaban J connectivity index is 1.90. The van der Waals surface area contributed by atoms with Crippen LogP contribution in [-0.4, -0.2) is 47.6 Å². The van der Waals surface area contributed by atoms with Crippen molar-refractivity contribution in [2.45, 2.75) is 32.3 Å². The number of likely N-dealkylation sites (tertiary alicyclic amines) is 1. The number of hydrogen-bond acceptors (Lipinski definition) is 3. The third-order valence-corrected chi connectivity index (χ3v) is 5.00. The van der Waals surface area contributed by atoms with Crippen LogP contribution in [0.2, 0.25) is 5.02 Å². The van der Waals surface area contributed by atoms with E-state index >= 15 is 0 Å². The van der Waals surface area contributed by atoms with Gasteiger partial charge in [-0.15, -0.1) is 0 Å². The first-order valence-corrected chi connectivity index (χ1v) is 8.42. The summed E-state index contributed by atoms with van der Waals surface area (Å²) in [4.78, 5) is 28.2. The van der Waals surface area contributed by atoms with Gasteiger partial charge in [-0.3, -0.25) is 9.59 Å². The summed E-state index contributed by atoms with van der Waals surface area (Å²) in [5, 5.41) is 10.5. The summed E-state index contributed by atoms with van der Waals surface area (Å²) in [6.45, 7) is 3.55. The predicted molar refractivity (Wildman–Crippen MR) is 88.7 cm³/mol. The van der Waals surface area contributed by atoms with Crippen LogP contribution in [0.5, 0.6) is 0 Å². The first-order chi connectivity index (χ1) is 11.0. The summed E-state index contributed by atoms with van der Waals surface area (Å²) in [5.41, 5.74) is 1.06. The molecule has 124 valence electrons.